The molecule has 0 saturated carbocycles. The van der Waals surface area contributed by atoms with Crippen LogP contribution in [-0.2, 0) is 18.3 Å². The van der Waals surface area contributed by atoms with Gasteiger partial charge in [0.25, 0.3) is 0 Å². The average molecular weight is 291 g/mol. The van der Waals surface area contributed by atoms with Crippen molar-refractivity contribution in [1.29, 1.82) is 0 Å². The van der Waals surface area contributed by atoms with Crippen molar-refractivity contribution >= 4 is 5.91 Å². The lowest BCUT2D eigenvalue weighted by Crippen LogP contribution is -2.27. The number of carbonyl (C=O) groups excluding carboxylic acids is 1. The maximum Gasteiger partial charge on any atom is 0.248 e. The third-order valence-electron chi connectivity index (χ3n) is 3.12. The molecule has 0 unspecified atom stereocenters. The molecule has 0 radical (unpaired) electrons. The van der Waals surface area contributed by atoms with Gasteiger partial charge in [-0.1, -0.05) is 19.0 Å². The Morgan fingerprint density at radius 2 is 2.19 bits per heavy atom. The van der Waals surface area contributed by atoms with Crippen LogP contribution in [0.15, 0.2) is 16.9 Å². The molecule has 0 spiro atoms. The topological polar surface area (TPSA) is 85.8 Å². The van der Waals surface area contributed by atoms with Crippen molar-refractivity contribution in [2.75, 3.05) is 0 Å². The van der Waals surface area contributed by atoms with Gasteiger partial charge in [-0.15, -0.1) is 0 Å². The number of amides is 1. The molecule has 0 aliphatic rings. The van der Waals surface area contributed by atoms with E-state index in [2.05, 4.69) is 20.6 Å². The van der Waals surface area contributed by atoms with Gasteiger partial charge in [-0.05, 0) is 18.9 Å². The molecule has 1 atom stereocenters. The standard InChI is InChI=1S/C14H21N5O2/c1-9(2)13-17-14(21-18-13)10(3)16-12(20)6-5-11-7-15-19(4)8-11/h7-10H,5-6H2,1-4H3,(H,16,20)/t10-/m0/s1. The molecule has 2 heterocycles. The minimum atomic E-state index is -0.286. The maximum atomic E-state index is 11.9. The fourth-order valence-corrected chi connectivity index (χ4v) is 1.89. The van der Waals surface area contributed by atoms with Gasteiger partial charge in [-0.25, -0.2) is 0 Å². The van der Waals surface area contributed by atoms with Gasteiger partial charge in [-0.2, -0.15) is 10.1 Å². The molecular weight excluding hydrogens is 270 g/mol. The van der Waals surface area contributed by atoms with Gasteiger partial charge in [0, 0.05) is 25.6 Å². The third-order valence-corrected chi connectivity index (χ3v) is 3.12. The summed E-state index contributed by atoms with van der Waals surface area (Å²) in [5.41, 5.74) is 1.04. The number of carbonyl (C=O) groups is 1. The van der Waals surface area contributed by atoms with Crippen molar-refractivity contribution in [3.63, 3.8) is 0 Å². The number of hydrogen-bond acceptors (Lipinski definition) is 5. The lowest BCUT2D eigenvalue weighted by Gasteiger charge is -2.09. The highest BCUT2D eigenvalue weighted by atomic mass is 16.5. The molecule has 7 nitrogen and oxygen atoms in total. The SMILES string of the molecule is CC(C)c1noc([C@H](C)NC(=O)CCc2cnn(C)c2)n1. The van der Waals surface area contributed by atoms with Crippen LogP contribution >= 0.6 is 0 Å². The van der Waals surface area contributed by atoms with Crippen molar-refractivity contribution in [2.45, 2.75) is 45.6 Å². The predicted octanol–water partition coefficient (Wildman–Crippen LogP) is 1.74. The number of nitrogens with one attached hydrogen (secondary N) is 1. The lowest BCUT2D eigenvalue weighted by atomic mass is 10.2. The van der Waals surface area contributed by atoms with E-state index < -0.39 is 0 Å². The second-order valence-corrected chi connectivity index (χ2v) is 5.46. The molecule has 21 heavy (non-hydrogen) atoms. The third kappa shape index (κ3) is 4.14. The molecule has 7 heteroatoms. The molecule has 0 fully saturated rings. The summed E-state index contributed by atoms with van der Waals surface area (Å²) in [6.45, 7) is 5.82. The zero-order valence-electron chi connectivity index (χ0n) is 12.8. The molecule has 0 aromatic carbocycles. The van der Waals surface area contributed by atoms with Crippen LogP contribution < -0.4 is 5.32 Å². The van der Waals surface area contributed by atoms with Crippen LogP contribution in [-0.4, -0.2) is 25.8 Å². The summed E-state index contributed by atoms with van der Waals surface area (Å²) in [7, 11) is 1.85. The highest BCUT2D eigenvalue weighted by molar-refractivity contribution is 5.76. The van der Waals surface area contributed by atoms with E-state index in [4.69, 9.17) is 4.52 Å². The molecule has 1 amide bonds. The largest absolute Gasteiger partial charge is 0.345 e. The van der Waals surface area contributed by atoms with Crippen molar-refractivity contribution in [3.8, 4) is 0 Å². The first-order valence-corrected chi connectivity index (χ1v) is 7.06. The van der Waals surface area contributed by atoms with E-state index in [0.29, 0.717) is 24.6 Å². The smallest absolute Gasteiger partial charge is 0.248 e. The Morgan fingerprint density at radius 3 is 2.76 bits per heavy atom. The summed E-state index contributed by atoms with van der Waals surface area (Å²) in [6.07, 6.45) is 4.74. The Balaban J connectivity index is 1.83. The number of nitrogens with zero attached hydrogens (tertiary/aromatic N) is 4. The fourth-order valence-electron chi connectivity index (χ4n) is 1.89. The van der Waals surface area contributed by atoms with E-state index in [-0.39, 0.29) is 17.9 Å². The Hall–Kier alpha value is -2.18. The number of rotatable bonds is 6. The van der Waals surface area contributed by atoms with Crippen LogP contribution in [0.4, 0.5) is 0 Å². The van der Waals surface area contributed by atoms with E-state index in [9.17, 15) is 4.79 Å². The first kappa shape index (κ1) is 15.2. The second-order valence-electron chi connectivity index (χ2n) is 5.46. The van der Waals surface area contributed by atoms with Crippen LogP contribution in [0.1, 0.15) is 56.4 Å². The molecular formula is C14H21N5O2. The first-order chi connectivity index (χ1) is 9.95. The molecule has 114 valence electrons. The van der Waals surface area contributed by atoms with Crippen LogP contribution in [0.3, 0.4) is 0 Å². The Kier molecular flexibility index (Phi) is 4.72. The fraction of sp³-hybridized carbons (Fsp3) is 0.571. The molecule has 0 saturated heterocycles. The van der Waals surface area contributed by atoms with Crippen LogP contribution in [0.5, 0.6) is 0 Å². The van der Waals surface area contributed by atoms with E-state index >= 15 is 0 Å². The van der Waals surface area contributed by atoms with E-state index in [1.54, 1.807) is 10.9 Å². The second kappa shape index (κ2) is 6.51. The molecule has 0 bridgehead atoms. The summed E-state index contributed by atoms with van der Waals surface area (Å²) in [5.74, 6) is 1.25. The summed E-state index contributed by atoms with van der Waals surface area (Å²) in [4.78, 5) is 16.2. The van der Waals surface area contributed by atoms with Crippen LogP contribution in [0.25, 0.3) is 0 Å². The average Bonchev–Trinajstić information content (AvgIpc) is 3.05. The van der Waals surface area contributed by atoms with Crippen molar-refractivity contribution in [3.05, 3.63) is 29.7 Å². The number of aryl methyl sites for hydroxylation is 2. The van der Waals surface area contributed by atoms with E-state index in [1.165, 1.54) is 0 Å². The van der Waals surface area contributed by atoms with Crippen LogP contribution in [0, 0.1) is 0 Å². The number of aromatic nitrogens is 4. The van der Waals surface area contributed by atoms with Gasteiger partial charge in [0.05, 0.1) is 6.20 Å². The van der Waals surface area contributed by atoms with Gasteiger partial charge < -0.3 is 9.84 Å². The highest BCUT2D eigenvalue weighted by Gasteiger charge is 2.17. The first-order valence-electron chi connectivity index (χ1n) is 7.06. The molecule has 0 aliphatic heterocycles. The van der Waals surface area contributed by atoms with Gasteiger partial charge in [-0.3, -0.25) is 9.48 Å². The maximum absolute atomic E-state index is 11.9. The monoisotopic (exact) mass is 291 g/mol. The van der Waals surface area contributed by atoms with Gasteiger partial charge in [0.2, 0.25) is 11.8 Å². The Morgan fingerprint density at radius 1 is 1.43 bits per heavy atom. The zero-order chi connectivity index (χ0) is 15.4. The van der Waals surface area contributed by atoms with Gasteiger partial charge >= 0.3 is 0 Å². The summed E-state index contributed by atoms with van der Waals surface area (Å²) in [6, 6.07) is -0.286. The van der Waals surface area contributed by atoms with Crippen LogP contribution in [0.2, 0.25) is 0 Å². The molecule has 1 N–H and O–H groups in total. The zero-order valence-corrected chi connectivity index (χ0v) is 12.8. The molecule has 2 rings (SSSR count). The predicted molar refractivity (Wildman–Crippen MR) is 76.5 cm³/mol. The van der Waals surface area contributed by atoms with Gasteiger partial charge in [0.15, 0.2) is 5.82 Å². The summed E-state index contributed by atoms with van der Waals surface area (Å²) in [5, 5.41) is 10.8. The van der Waals surface area contributed by atoms with E-state index in [1.807, 2.05) is 34.0 Å². The molecule has 2 aromatic rings. The van der Waals surface area contributed by atoms with Crippen molar-refractivity contribution in [1.82, 2.24) is 25.2 Å². The van der Waals surface area contributed by atoms with Gasteiger partial charge in [0.1, 0.15) is 6.04 Å². The van der Waals surface area contributed by atoms with Crippen molar-refractivity contribution in [2.24, 2.45) is 7.05 Å². The molecule has 0 aliphatic carbocycles. The summed E-state index contributed by atoms with van der Waals surface area (Å²) < 4.78 is 6.89. The minimum absolute atomic E-state index is 0.0457. The number of hydrogen-bond donors (Lipinski definition) is 1. The normalized spacial score (nSPS) is 12.6. The lowest BCUT2D eigenvalue weighted by molar-refractivity contribution is -0.121. The Labute approximate surface area is 123 Å². The molecule has 2 aromatic heterocycles. The Bertz CT molecular complexity index is 602. The minimum Gasteiger partial charge on any atom is -0.345 e. The quantitative estimate of drug-likeness (QED) is 0.876. The highest BCUT2D eigenvalue weighted by Crippen LogP contribution is 2.15. The van der Waals surface area contributed by atoms with E-state index in [0.717, 1.165) is 5.56 Å². The summed E-state index contributed by atoms with van der Waals surface area (Å²) >= 11 is 0. The van der Waals surface area contributed by atoms with Crippen molar-refractivity contribution < 1.29 is 9.32 Å².